The normalized spacial score (nSPS) is 23.2. The smallest absolute Gasteiger partial charge is 0.164 e. The van der Waals surface area contributed by atoms with Crippen LogP contribution in [0, 0.1) is 17.6 Å². The lowest BCUT2D eigenvalue weighted by atomic mass is 10.0. The van der Waals surface area contributed by atoms with E-state index in [1.807, 2.05) is 0 Å². The first kappa shape index (κ1) is 15.1. The van der Waals surface area contributed by atoms with Crippen LogP contribution in [-0.2, 0) is 0 Å². The molecule has 0 spiro atoms. The van der Waals surface area contributed by atoms with E-state index in [9.17, 15) is 18.7 Å². The number of hydrogen-bond acceptors (Lipinski definition) is 3. The van der Waals surface area contributed by atoms with Crippen LogP contribution in [-0.4, -0.2) is 41.5 Å². The van der Waals surface area contributed by atoms with Crippen molar-refractivity contribution in [3.8, 4) is 0 Å². The molecule has 0 saturated carbocycles. The molecule has 0 radical (unpaired) electrons. The SMILES string of the molecule is CC1CCN(CCC(=O)c2cc(F)cc(F)c2)C1CO. The number of aliphatic hydroxyl groups is 1. The molecule has 20 heavy (non-hydrogen) atoms. The van der Waals surface area contributed by atoms with E-state index in [0.717, 1.165) is 31.2 Å². The van der Waals surface area contributed by atoms with Crippen LogP contribution in [0.15, 0.2) is 18.2 Å². The number of carbonyl (C=O) groups excluding carboxylic acids is 1. The van der Waals surface area contributed by atoms with Crippen molar-refractivity contribution in [2.24, 2.45) is 5.92 Å². The maximum atomic E-state index is 13.1. The predicted molar refractivity (Wildman–Crippen MR) is 71.5 cm³/mol. The molecule has 1 N–H and O–H groups in total. The van der Waals surface area contributed by atoms with Gasteiger partial charge < -0.3 is 5.11 Å². The minimum Gasteiger partial charge on any atom is -0.395 e. The van der Waals surface area contributed by atoms with Crippen molar-refractivity contribution in [1.29, 1.82) is 0 Å². The summed E-state index contributed by atoms with van der Waals surface area (Å²) < 4.78 is 26.1. The van der Waals surface area contributed by atoms with E-state index < -0.39 is 11.6 Å². The average molecular weight is 283 g/mol. The van der Waals surface area contributed by atoms with Gasteiger partial charge >= 0.3 is 0 Å². The summed E-state index contributed by atoms with van der Waals surface area (Å²) in [5.41, 5.74) is 0.0651. The van der Waals surface area contributed by atoms with Gasteiger partial charge in [-0.15, -0.1) is 0 Å². The summed E-state index contributed by atoms with van der Waals surface area (Å²) in [6.07, 6.45) is 1.19. The molecule has 3 nitrogen and oxygen atoms in total. The van der Waals surface area contributed by atoms with Gasteiger partial charge in [0.05, 0.1) is 6.61 Å². The Balaban J connectivity index is 1.95. The number of aliphatic hydroxyl groups excluding tert-OH is 1. The number of benzene rings is 1. The van der Waals surface area contributed by atoms with Gasteiger partial charge in [-0.05, 0) is 31.0 Å². The first-order valence-electron chi connectivity index (χ1n) is 6.85. The fraction of sp³-hybridized carbons (Fsp3) is 0.533. The molecule has 2 unspecified atom stereocenters. The molecule has 110 valence electrons. The molecule has 1 saturated heterocycles. The van der Waals surface area contributed by atoms with Crippen molar-refractivity contribution in [3.05, 3.63) is 35.4 Å². The van der Waals surface area contributed by atoms with Crippen molar-refractivity contribution in [2.75, 3.05) is 19.7 Å². The second-order valence-electron chi connectivity index (χ2n) is 5.38. The molecular formula is C15H19F2NO2. The Morgan fingerprint density at radius 2 is 2.00 bits per heavy atom. The van der Waals surface area contributed by atoms with Gasteiger partial charge in [-0.2, -0.15) is 0 Å². The molecule has 0 aromatic heterocycles. The van der Waals surface area contributed by atoms with E-state index in [0.29, 0.717) is 12.5 Å². The summed E-state index contributed by atoms with van der Waals surface area (Å²) in [6.45, 7) is 3.50. The molecular weight excluding hydrogens is 264 g/mol. The molecule has 2 rings (SSSR count). The maximum absolute atomic E-state index is 13.1. The lowest BCUT2D eigenvalue weighted by molar-refractivity contribution is 0.0933. The largest absolute Gasteiger partial charge is 0.395 e. The number of hydrogen-bond donors (Lipinski definition) is 1. The monoisotopic (exact) mass is 283 g/mol. The summed E-state index contributed by atoms with van der Waals surface area (Å²) in [7, 11) is 0. The van der Waals surface area contributed by atoms with Crippen LogP contribution in [0.1, 0.15) is 30.1 Å². The summed E-state index contributed by atoms with van der Waals surface area (Å²) in [4.78, 5) is 14.0. The number of likely N-dealkylation sites (tertiary alicyclic amines) is 1. The molecule has 0 bridgehead atoms. The second kappa shape index (κ2) is 6.41. The first-order chi connectivity index (χ1) is 9.51. The Morgan fingerprint density at radius 3 is 2.60 bits per heavy atom. The van der Waals surface area contributed by atoms with Gasteiger partial charge in [-0.25, -0.2) is 8.78 Å². The summed E-state index contributed by atoms with van der Waals surface area (Å²) in [5.74, 6) is -1.35. The topological polar surface area (TPSA) is 40.5 Å². The van der Waals surface area contributed by atoms with Gasteiger partial charge in [0, 0.05) is 30.6 Å². The third-order valence-corrected chi connectivity index (χ3v) is 4.00. The van der Waals surface area contributed by atoms with Crippen LogP contribution in [0.25, 0.3) is 0 Å². The maximum Gasteiger partial charge on any atom is 0.164 e. The van der Waals surface area contributed by atoms with Gasteiger partial charge in [0.1, 0.15) is 11.6 Å². The van der Waals surface area contributed by atoms with Gasteiger partial charge in [-0.1, -0.05) is 6.92 Å². The third-order valence-electron chi connectivity index (χ3n) is 4.00. The van der Waals surface area contributed by atoms with Gasteiger partial charge in [-0.3, -0.25) is 9.69 Å². The highest BCUT2D eigenvalue weighted by molar-refractivity contribution is 5.96. The van der Waals surface area contributed by atoms with Crippen LogP contribution >= 0.6 is 0 Å². The van der Waals surface area contributed by atoms with Crippen LogP contribution in [0.4, 0.5) is 8.78 Å². The minimum atomic E-state index is -0.739. The second-order valence-corrected chi connectivity index (χ2v) is 5.38. The molecule has 2 atom stereocenters. The van der Waals surface area contributed by atoms with E-state index in [1.54, 1.807) is 0 Å². The third kappa shape index (κ3) is 3.41. The van der Waals surface area contributed by atoms with E-state index in [1.165, 1.54) is 0 Å². The average Bonchev–Trinajstić information content (AvgIpc) is 2.75. The zero-order valence-corrected chi connectivity index (χ0v) is 11.5. The number of Topliss-reactive ketones (excluding diaryl/α,β-unsaturated/α-hetero) is 1. The Labute approximate surface area is 117 Å². The highest BCUT2D eigenvalue weighted by Gasteiger charge is 2.30. The number of halogens is 2. The highest BCUT2D eigenvalue weighted by atomic mass is 19.1. The van der Waals surface area contributed by atoms with Crippen LogP contribution in [0.3, 0.4) is 0 Å². The van der Waals surface area contributed by atoms with Gasteiger partial charge in [0.15, 0.2) is 5.78 Å². The predicted octanol–water partition coefficient (Wildman–Crippen LogP) is 2.24. The van der Waals surface area contributed by atoms with Crippen molar-refractivity contribution >= 4 is 5.78 Å². The molecule has 1 aromatic carbocycles. The lowest BCUT2D eigenvalue weighted by Gasteiger charge is -2.24. The molecule has 0 amide bonds. The Bertz CT molecular complexity index is 473. The van der Waals surface area contributed by atoms with E-state index >= 15 is 0 Å². The molecule has 1 aromatic rings. The molecule has 1 aliphatic heterocycles. The Kier molecular flexibility index (Phi) is 4.83. The fourth-order valence-corrected chi connectivity index (χ4v) is 2.76. The lowest BCUT2D eigenvalue weighted by Crippen LogP contribution is -2.36. The van der Waals surface area contributed by atoms with Gasteiger partial charge in [0.2, 0.25) is 0 Å². The van der Waals surface area contributed by atoms with E-state index in [4.69, 9.17) is 0 Å². The van der Waals surface area contributed by atoms with Crippen LogP contribution < -0.4 is 0 Å². The molecule has 5 heteroatoms. The number of ketones is 1. The Morgan fingerprint density at radius 1 is 1.35 bits per heavy atom. The minimum absolute atomic E-state index is 0.0651. The zero-order valence-electron chi connectivity index (χ0n) is 11.5. The van der Waals surface area contributed by atoms with E-state index in [2.05, 4.69) is 11.8 Å². The summed E-state index contributed by atoms with van der Waals surface area (Å²) >= 11 is 0. The quantitative estimate of drug-likeness (QED) is 0.843. The molecule has 1 aliphatic rings. The van der Waals surface area contributed by atoms with Crippen molar-refractivity contribution < 1.29 is 18.7 Å². The molecule has 1 fully saturated rings. The van der Waals surface area contributed by atoms with Crippen LogP contribution in [0.5, 0.6) is 0 Å². The summed E-state index contributed by atoms with van der Waals surface area (Å²) in [6, 6.07) is 2.94. The van der Waals surface area contributed by atoms with Crippen molar-refractivity contribution in [1.82, 2.24) is 4.90 Å². The van der Waals surface area contributed by atoms with Gasteiger partial charge in [0.25, 0.3) is 0 Å². The Hall–Kier alpha value is -1.33. The zero-order chi connectivity index (χ0) is 14.7. The summed E-state index contributed by atoms with van der Waals surface area (Å²) in [5, 5.41) is 9.34. The first-order valence-corrected chi connectivity index (χ1v) is 6.85. The van der Waals surface area contributed by atoms with Crippen LogP contribution in [0.2, 0.25) is 0 Å². The standard InChI is InChI=1S/C15H19F2NO2/c1-10-2-4-18(14(10)9-19)5-3-15(20)11-6-12(16)8-13(17)7-11/h6-8,10,14,19H,2-5,9H2,1H3. The molecule has 0 aliphatic carbocycles. The number of carbonyl (C=O) groups is 1. The van der Waals surface area contributed by atoms with Crippen molar-refractivity contribution in [2.45, 2.75) is 25.8 Å². The number of nitrogens with zero attached hydrogens (tertiary/aromatic N) is 1. The fourth-order valence-electron chi connectivity index (χ4n) is 2.76. The van der Waals surface area contributed by atoms with Crippen molar-refractivity contribution in [3.63, 3.8) is 0 Å². The van der Waals surface area contributed by atoms with E-state index in [-0.39, 0.29) is 30.4 Å². The molecule has 1 heterocycles. The highest BCUT2D eigenvalue weighted by Crippen LogP contribution is 2.23. The number of rotatable bonds is 5.